The molecule has 21 heavy (non-hydrogen) atoms. The van der Waals surface area contributed by atoms with Gasteiger partial charge in [-0.1, -0.05) is 6.07 Å². The fourth-order valence-corrected chi connectivity index (χ4v) is 3.78. The van der Waals surface area contributed by atoms with Crippen LogP contribution in [0.3, 0.4) is 0 Å². The first-order valence-electron chi connectivity index (χ1n) is 6.19. The van der Waals surface area contributed by atoms with Crippen LogP contribution in [0.4, 0.5) is 0 Å². The van der Waals surface area contributed by atoms with Gasteiger partial charge in [0.15, 0.2) is 5.03 Å². The molecule has 3 heterocycles. The molecular formula is C12H12N4O4S. The van der Waals surface area contributed by atoms with E-state index < -0.39 is 16.0 Å². The number of rotatable bonds is 3. The number of carboxylic acids is 1. The number of nitrogens with one attached hydrogen (secondary N) is 1. The van der Waals surface area contributed by atoms with Gasteiger partial charge in [-0.05, 0) is 11.6 Å². The number of aromatic nitrogens is 3. The highest BCUT2D eigenvalue weighted by Gasteiger charge is 2.33. The topological polar surface area (TPSA) is 116 Å². The van der Waals surface area contributed by atoms with E-state index in [1.807, 2.05) is 6.07 Å². The summed E-state index contributed by atoms with van der Waals surface area (Å²) in [5.74, 6) is -1.33. The zero-order valence-electron chi connectivity index (χ0n) is 10.9. The molecule has 2 aromatic rings. The molecule has 0 atom stereocenters. The lowest BCUT2D eigenvalue weighted by Gasteiger charge is -2.26. The van der Waals surface area contributed by atoms with Gasteiger partial charge in [-0.15, -0.1) is 0 Å². The van der Waals surface area contributed by atoms with E-state index in [2.05, 4.69) is 15.2 Å². The predicted molar refractivity (Wildman–Crippen MR) is 71.1 cm³/mol. The summed E-state index contributed by atoms with van der Waals surface area (Å²) in [7, 11) is -3.93. The van der Waals surface area contributed by atoms with Gasteiger partial charge in [-0.2, -0.15) is 9.40 Å². The fraction of sp³-hybridized carbons (Fsp3) is 0.250. The lowest BCUT2D eigenvalue weighted by atomic mass is 10.1. The summed E-state index contributed by atoms with van der Waals surface area (Å²) in [5, 5.41) is 14.4. The second kappa shape index (κ2) is 4.93. The number of aromatic amines is 1. The van der Waals surface area contributed by atoms with Crippen molar-refractivity contribution < 1.29 is 18.3 Å². The van der Waals surface area contributed by atoms with E-state index in [9.17, 15) is 13.2 Å². The minimum atomic E-state index is -3.93. The maximum Gasteiger partial charge on any atom is 0.340 e. The summed E-state index contributed by atoms with van der Waals surface area (Å²) in [4.78, 5) is 15.3. The average molecular weight is 308 g/mol. The Morgan fingerprint density at radius 1 is 1.43 bits per heavy atom. The molecule has 0 aliphatic carbocycles. The van der Waals surface area contributed by atoms with Crippen LogP contribution in [-0.2, 0) is 23.0 Å². The molecule has 0 saturated heterocycles. The molecule has 0 aromatic carbocycles. The standard InChI is InChI=1S/C12H12N4O4S/c17-12(18)9-6-14-15-11(9)21(19,20)16-5-3-10-8(7-16)2-1-4-13-10/h1-2,4,6H,3,5,7H2,(H,14,15)(H,17,18). The molecular weight excluding hydrogens is 296 g/mol. The Morgan fingerprint density at radius 2 is 2.24 bits per heavy atom. The van der Waals surface area contributed by atoms with Gasteiger partial charge < -0.3 is 5.11 Å². The van der Waals surface area contributed by atoms with Crippen molar-refractivity contribution in [1.82, 2.24) is 19.5 Å². The normalized spacial score (nSPS) is 15.6. The summed E-state index contributed by atoms with van der Waals surface area (Å²) in [5.41, 5.74) is 1.34. The molecule has 110 valence electrons. The van der Waals surface area contributed by atoms with Gasteiger partial charge in [-0.25, -0.2) is 13.2 Å². The summed E-state index contributed by atoms with van der Waals surface area (Å²) in [6, 6.07) is 3.56. The van der Waals surface area contributed by atoms with Crippen LogP contribution in [0.2, 0.25) is 0 Å². The third-order valence-corrected chi connectivity index (χ3v) is 5.18. The Hall–Kier alpha value is -2.26. The number of nitrogens with zero attached hydrogens (tertiary/aromatic N) is 3. The minimum Gasteiger partial charge on any atom is -0.478 e. The van der Waals surface area contributed by atoms with Gasteiger partial charge in [0, 0.05) is 31.4 Å². The molecule has 0 radical (unpaired) electrons. The number of pyridine rings is 1. The van der Waals surface area contributed by atoms with E-state index in [0.29, 0.717) is 6.42 Å². The lowest BCUT2D eigenvalue weighted by Crippen LogP contribution is -2.37. The van der Waals surface area contributed by atoms with Crippen molar-refractivity contribution in [3.05, 3.63) is 41.3 Å². The highest BCUT2D eigenvalue weighted by Crippen LogP contribution is 2.24. The van der Waals surface area contributed by atoms with Crippen molar-refractivity contribution >= 4 is 16.0 Å². The van der Waals surface area contributed by atoms with Crippen molar-refractivity contribution in [2.45, 2.75) is 18.0 Å². The van der Waals surface area contributed by atoms with E-state index in [-0.39, 0.29) is 23.7 Å². The number of hydrogen-bond acceptors (Lipinski definition) is 5. The van der Waals surface area contributed by atoms with E-state index in [4.69, 9.17) is 5.11 Å². The Labute approximate surface area is 120 Å². The van der Waals surface area contributed by atoms with E-state index >= 15 is 0 Å². The predicted octanol–water partition coefficient (Wildman–Crippen LogP) is 0.250. The van der Waals surface area contributed by atoms with Crippen molar-refractivity contribution in [3.8, 4) is 0 Å². The number of carbonyl (C=O) groups is 1. The summed E-state index contributed by atoms with van der Waals surface area (Å²) in [6.45, 7) is 0.425. The number of fused-ring (bicyclic) bond motifs is 1. The summed E-state index contributed by atoms with van der Waals surface area (Å²) < 4.78 is 26.3. The Balaban J connectivity index is 1.97. The maximum atomic E-state index is 12.6. The van der Waals surface area contributed by atoms with Crippen molar-refractivity contribution in [2.75, 3.05) is 6.54 Å². The maximum absolute atomic E-state index is 12.6. The third-order valence-electron chi connectivity index (χ3n) is 3.36. The molecule has 2 N–H and O–H groups in total. The van der Waals surface area contributed by atoms with Gasteiger partial charge >= 0.3 is 5.97 Å². The quantitative estimate of drug-likeness (QED) is 0.839. The number of H-pyrrole nitrogens is 1. The molecule has 0 fully saturated rings. The van der Waals surface area contributed by atoms with Crippen LogP contribution in [-0.4, -0.2) is 45.5 Å². The molecule has 0 bridgehead atoms. The van der Waals surface area contributed by atoms with Crippen molar-refractivity contribution in [1.29, 1.82) is 0 Å². The van der Waals surface area contributed by atoms with Crippen LogP contribution in [0.1, 0.15) is 21.6 Å². The molecule has 1 aliphatic heterocycles. The molecule has 2 aromatic heterocycles. The van der Waals surface area contributed by atoms with Crippen LogP contribution in [0, 0.1) is 0 Å². The smallest absolute Gasteiger partial charge is 0.340 e. The number of sulfonamides is 1. The molecule has 9 heteroatoms. The van der Waals surface area contributed by atoms with E-state index in [1.54, 1.807) is 12.3 Å². The van der Waals surface area contributed by atoms with Crippen LogP contribution in [0.25, 0.3) is 0 Å². The monoisotopic (exact) mass is 308 g/mol. The first-order chi connectivity index (χ1) is 10.00. The molecule has 0 unspecified atom stereocenters. The second-order valence-electron chi connectivity index (χ2n) is 4.62. The Morgan fingerprint density at radius 3 is 3.00 bits per heavy atom. The minimum absolute atomic E-state index is 0.170. The fourth-order valence-electron chi connectivity index (χ4n) is 2.30. The van der Waals surface area contributed by atoms with Crippen LogP contribution < -0.4 is 0 Å². The molecule has 0 amide bonds. The largest absolute Gasteiger partial charge is 0.478 e. The SMILES string of the molecule is O=C(O)c1cn[nH]c1S(=O)(=O)N1CCc2ncccc2C1. The highest BCUT2D eigenvalue weighted by molar-refractivity contribution is 7.89. The first kappa shape index (κ1) is 13.7. The Kier molecular flexibility index (Phi) is 3.22. The van der Waals surface area contributed by atoms with Crippen molar-refractivity contribution in [3.63, 3.8) is 0 Å². The van der Waals surface area contributed by atoms with E-state index in [1.165, 1.54) is 4.31 Å². The molecule has 1 aliphatic rings. The Bertz CT molecular complexity index is 799. The van der Waals surface area contributed by atoms with Gasteiger partial charge in [0.2, 0.25) is 0 Å². The first-order valence-corrected chi connectivity index (χ1v) is 7.64. The summed E-state index contributed by atoms with van der Waals surface area (Å²) >= 11 is 0. The van der Waals surface area contributed by atoms with Gasteiger partial charge in [0.1, 0.15) is 5.56 Å². The lowest BCUT2D eigenvalue weighted by molar-refractivity contribution is 0.0692. The molecule has 0 saturated carbocycles. The van der Waals surface area contributed by atoms with Gasteiger partial charge in [0.25, 0.3) is 10.0 Å². The zero-order valence-corrected chi connectivity index (χ0v) is 11.7. The van der Waals surface area contributed by atoms with Crippen LogP contribution in [0.5, 0.6) is 0 Å². The summed E-state index contributed by atoms with van der Waals surface area (Å²) in [6.07, 6.45) is 3.15. The number of hydrogen-bond donors (Lipinski definition) is 2. The van der Waals surface area contributed by atoms with Gasteiger partial charge in [-0.3, -0.25) is 10.1 Å². The number of carboxylic acid groups (broad SMARTS) is 1. The van der Waals surface area contributed by atoms with Crippen LogP contribution >= 0.6 is 0 Å². The van der Waals surface area contributed by atoms with Crippen molar-refractivity contribution in [2.24, 2.45) is 0 Å². The zero-order chi connectivity index (χ0) is 15.0. The average Bonchev–Trinajstić information content (AvgIpc) is 2.97. The van der Waals surface area contributed by atoms with E-state index in [0.717, 1.165) is 17.5 Å². The second-order valence-corrected chi connectivity index (χ2v) is 6.49. The number of aromatic carboxylic acids is 1. The van der Waals surface area contributed by atoms with Crippen LogP contribution in [0.15, 0.2) is 29.6 Å². The molecule has 3 rings (SSSR count). The highest BCUT2D eigenvalue weighted by atomic mass is 32.2. The third kappa shape index (κ3) is 2.30. The molecule has 8 nitrogen and oxygen atoms in total. The molecule has 0 spiro atoms. The van der Waals surface area contributed by atoms with Gasteiger partial charge in [0.05, 0.1) is 6.20 Å².